The Hall–Kier alpha value is -2.90. The number of anilines is 1. The Morgan fingerprint density at radius 1 is 1.11 bits per heavy atom. The number of amides is 3. The van der Waals surface area contributed by atoms with Gasteiger partial charge in [0.05, 0.1) is 5.52 Å². The molecule has 0 radical (unpaired) electrons. The predicted molar refractivity (Wildman–Crippen MR) is 105 cm³/mol. The lowest BCUT2D eigenvalue weighted by Gasteiger charge is -2.36. The van der Waals surface area contributed by atoms with Gasteiger partial charge in [-0.25, -0.2) is 0 Å². The van der Waals surface area contributed by atoms with Crippen LogP contribution in [0.2, 0.25) is 0 Å². The number of hydrogen-bond acceptors (Lipinski definition) is 4. The van der Waals surface area contributed by atoms with E-state index in [0.717, 1.165) is 36.6 Å². The van der Waals surface area contributed by atoms with Crippen LogP contribution in [0.4, 0.5) is 5.69 Å². The fourth-order valence-electron chi connectivity index (χ4n) is 4.16. The van der Waals surface area contributed by atoms with Gasteiger partial charge in [-0.2, -0.15) is 5.10 Å². The summed E-state index contributed by atoms with van der Waals surface area (Å²) in [6, 6.07) is 5.41. The van der Waals surface area contributed by atoms with Crippen molar-refractivity contribution in [2.75, 3.05) is 31.5 Å². The highest BCUT2D eigenvalue weighted by Crippen LogP contribution is 2.27. The first-order valence-electron chi connectivity index (χ1n) is 9.88. The molecule has 1 aromatic carbocycles. The third-order valence-electron chi connectivity index (χ3n) is 5.72. The van der Waals surface area contributed by atoms with Gasteiger partial charge in [-0.15, -0.1) is 0 Å². The number of carbonyl (C=O) groups is 3. The molecule has 3 amide bonds. The molecular weight excluding hydrogens is 358 g/mol. The Kier molecular flexibility index (Phi) is 5.27. The molecule has 1 aliphatic heterocycles. The van der Waals surface area contributed by atoms with Crippen molar-refractivity contribution in [3.8, 4) is 0 Å². The summed E-state index contributed by atoms with van der Waals surface area (Å²) < 4.78 is 1.63. The summed E-state index contributed by atoms with van der Waals surface area (Å²) in [5.41, 5.74) is 1.47. The van der Waals surface area contributed by atoms with Crippen molar-refractivity contribution in [3.63, 3.8) is 0 Å². The third-order valence-corrected chi connectivity index (χ3v) is 5.72. The van der Waals surface area contributed by atoms with E-state index in [1.807, 2.05) is 28.1 Å². The lowest BCUT2D eigenvalue weighted by atomic mass is 10.1. The number of nitrogens with zero attached hydrogens (tertiary/aromatic N) is 4. The van der Waals surface area contributed by atoms with Gasteiger partial charge in [0.2, 0.25) is 18.2 Å². The summed E-state index contributed by atoms with van der Waals surface area (Å²) in [5.74, 6) is 0.465. The third kappa shape index (κ3) is 3.85. The fourth-order valence-corrected chi connectivity index (χ4v) is 4.16. The lowest BCUT2D eigenvalue weighted by molar-refractivity contribution is -0.142. The molecule has 0 spiro atoms. The van der Waals surface area contributed by atoms with Crippen molar-refractivity contribution < 1.29 is 14.4 Å². The molecule has 0 atom stereocenters. The largest absolute Gasteiger partial charge is 0.339 e. The number of rotatable bonds is 5. The maximum absolute atomic E-state index is 12.6. The average molecular weight is 383 g/mol. The molecule has 1 saturated carbocycles. The normalized spacial score (nSPS) is 17.9. The highest BCUT2D eigenvalue weighted by molar-refractivity contribution is 5.85. The highest BCUT2D eigenvalue weighted by atomic mass is 16.2. The molecule has 8 heteroatoms. The maximum Gasteiger partial charge on any atom is 0.244 e. The molecule has 2 fully saturated rings. The van der Waals surface area contributed by atoms with Crippen molar-refractivity contribution in [2.45, 2.75) is 32.2 Å². The van der Waals surface area contributed by atoms with Gasteiger partial charge < -0.3 is 15.1 Å². The quantitative estimate of drug-likeness (QED) is 0.792. The lowest BCUT2D eigenvalue weighted by Crippen LogP contribution is -2.52. The van der Waals surface area contributed by atoms with Gasteiger partial charge in [0.15, 0.2) is 0 Å². The van der Waals surface area contributed by atoms with Crippen LogP contribution in [0.5, 0.6) is 0 Å². The second-order valence-electron chi connectivity index (χ2n) is 7.55. The second-order valence-corrected chi connectivity index (χ2v) is 7.55. The van der Waals surface area contributed by atoms with Crippen molar-refractivity contribution >= 4 is 34.8 Å². The maximum atomic E-state index is 12.6. The zero-order valence-corrected chi connectivity index (χ0v) is 15.8. The molecule has 1 saturated heterocycles. The molecular formula is C20H25N5O3. The average Bonchev–Trinajstić information content (AvgIpc) is 3.37. The van der Waals surface area contributed by atoms with Gasteiger partial charge in [0.1, 0.15) is 6.54 Å². The van der Waals surface area contributed by atoms with E-state index >= 15 is 0 Å². The van der Waals surface area contributed by atoms with Crippen LogP contribution in [0, 0.1) is 5.92 Å². The fraction of sp³-hybridized carbons (Fsp3) is 0.500. The van der Waals surface area contributed by atoms with Gasteiger partial charge in [-0.1, -0.05) is 12.8 Å². The van der Waals surface area contributed by atoms with Crippen molar-refractivity contribution in [1.29, 1.82) is 0 Å². The summed E-state index contributed by atoms with van der Waals surface area (Å²) in [5, 5.41) is 7.91. The van der Waals surface area contributed by atoms with Gasteiger partial charge in [-0.3, -0.25) is 19.1 Å². The van der Waals surface area contributed by atoms with E-state index in [9.17, 15) is 14.4 Å². The molecule has 2 aromatic rings. The Bertz CT molecular complexity index is 879. The number of carbonyl (C=O) groups excluding carboxylic acids is 3. The van der Waals surface area contributed by atoms with Gasteiger partial charge in [0.25, 0.3) is 0 Å². The number of hydrogen-bond donors (Lipinski definition) is 1. The number of fused-ring (bicyclic) bond motifs is 1. The number of aromatic nitrogens is 2. The summed E-state index contributed by atoms with van der Waals surface area (Å²) in [4.78, 5) is 39.5. The molecule has 2 heterocycles. The van der Waals surface area contributed by atoms with Crippen molar-refractivity contribution in [3.05, 3.63) is 24.4 Å². The minimum absolute atomic E-state index is 0.00649. The smallest absolute Gasteiger partial charge is 0.244 e. The van der Waals surface area contributed by atoms with Crippen LogP contribution in [0.25, 0.3) is 10.9 Å². The molecule has 2 aliphatic rings. The van der Waals surface area contributed by atoms with E-state index in [4.69, 9.17) is 0 Å². The zero-order valence-electron chi connectivity index (χ0n) is 15.8. The van der Waals surface area contributed by atoms with Gasteiger partial charge in [0, 0.05) is 49.4 Å². The molecule has 1 aromatic heterocycles. The number of piperazine rings is 1. The Balaban J connectivity index is 1.33. The first-order chi connectivity index (χ1) is 13.6. The standard InChI is InChI=1S/C20H25N5O3/c26-14-21-17-5-6-18-16(11-17)12-25(22-18)13-19(27)23-7-9-24(10-8-23)20(28)15-3-1-2-4-15/h5-6,11-12,14-15H,1-4,7-10,13H2,(H,21,26). The topological polar surface area (TPSA) is 87.5 Å². The van der Waals surface area contributed by atoms with E-state index in [0.29, 0.717) is 38.3 Å². The summed E-state index contributed by atoms with van der Waals surface area (Å²) >= 11 is 0. The van der Waals surface area contributed by atoms with Gasteiger partial charge >= 0.3 is 0 Å². The minimum atomic E-state index is 0.00649. The molecule has 148 valence electrons. The zero-order chi connectivity index (χ0) is 19.5. The summed E-state index contributed by atoms with van der Waals surface area (Å²) in [6.45, 7) is 2.55. The SMILES string of the molecule is O=CNc1ccc2nn(CC(=O)N3CCN(C(=O)C4CCCC4)CC3)cc2c1. The molecule has 0 bridgehead atoms. The van der Waals surface area contributed by atoms with Crippen molar-refractivity contribution in [1.82, 2.24) is 19.6 Å². The Morgan fingerprint density at radius 2 is 1.82 bits per heavy atom. The van der Waals surface area contributed by atoms with Crippen LogP contribution >= 0.6 is 0 Å². The van der Waals surface area contributed by atoms with E-state index < -0.39 is 0 Å². The molecule has 1 aliphatic carbocycles. The highest BCUT2D eigenvalue weighted by Gasteiger charge is 2.30. The molecule has 4 rings (SSSR count). The van der Waals surface area contributed by atoms with E-state index in [-0.39, 0.29) is 24.3 Å². The molecule has 0 unspecified atom stereocenters. The van der Waals surface area contributed by atoms with Crippen LogP contribution in [-0.4, -0.2) is 64.0 Å². The number of benzene rings is 1. The van der Waals surface area contributed by atoms with Crippen LogP contribution in [0.1, 0.15) is 25.7 Å². The summed E-state index contributed by atoms with van der Waals surface area (Å²) in [6.07, 6.45) is 6.76. The first-order valence-corrected chi connectivity index (χ1v) is 9.88. The number of nitrogens with one attached hydrogen (secondary N) is 1. The van der Waals surface area contributed by atoms with E-state index in [2.05, 4.69) is 10.4 Å². The Labute approximate surface area is 163 Å². The van der Waals surface area contributed by atoms with Crippen LogP contribution < -0.4 is 5.32 Å². The molecule has 8 nitrogen and oxygen atoms in total. The molecule has 28 heavy (non-hydrogen) atoms. The van der Waals surface area contributed by atoms with Crippen LogP contribution in [0.3, 0.4) is 0 Å². The monoisotopic (exact) mass is 383 g/mol. The molecule has 1 N–H and O–H groups in total. The minimum Gasteiger partial charge on any atom is -0.339 e. The first kappa shape index (κ1) is 18.5. The van der Waals surface area contributed by atoms with E-state index in [1.54, 1.807) is 10.7 Å². The summed E-state index contributed by atoms with van der Waals surface area (Å²) in [7, 11) is 0. The van der Waals surface area contributed by atoms with Crippen molar-refractivity contribution in [2.24, 2.45) is 5.92 Å². The van der Waals surface area contributed by atoms with Crippen LogP contribution in [0.15, 0.2) is 24.4 Å². The Morgan fingerprint density at radius 3 is 2.54 bits per heavy atom. The van der Waals surface area contributed by atoms with E-state index in [1.165, 1.54) is 0 Å². The van der Waals surface area contributed by atoms with Gasteiger partial charge in [-0.05, 0) is 31.0 Å². The van der Waals surface area contributed by atoms with Crippen LogP contribution in [-0.2, 0) is 20.9 Å². The second kappa shape index (κ2) is 8.00. The predicted octanol–water partition coefficient (Wildman–Crippen LogP) is 1.47.